The fourth-order valence-corrected chi connectivity index (χ4v) is 5.00. The van der Waals surface area contributed by atoms with Gasteiger partial charge in [0.1, 0.15) is 0 Å². The van der Waals surface area contributed by atoms with Gasteiger partial charge >= 0.3 is 0 Å². The van der Waals surface area contributed by atoms with Crippen LogP contribution in [0.2, 0.25) is 0 Å². The molecule has 2 amide bonds. The topological polar surface area (TPSA) is 86.8 Å². The van der Waals surface area contributed by atoms with Gasteiger partial charge in [-0.1, -0.05) is 0 Å². The van der Waals surface area contributed by atoms with Crippen molar-refractivity contribution in [2.45, 2.75) is 32.2 Å². The highest BCUT2D eigenvalue weighted by atomic mass is 32.2. The first-order valence-electron chi connectivity index (χ1n) is 8.19. The highest BCUT2D eigenvalue weighted by Crippen LogP contribution is 2.19. The number of likely N-dealkylation sites (N-methyl/N-ethyl adjacent to an activating group) is 1. The smallest absolute Gasteiger partial charge is 0.236 e. The molecule has 1 atom stereocenters. The third-order valence-electron chi connectivity index (χ3n) is 4.86. The quantitative estimate of drug-likeness (QED) is 0.724. The Balaban J connectivity index is 1.73. The molecule has 0 spiro atoms. The van der Waals surface area contributed by atoms with E-state index in [0.717, 1.165) is 25.9 Å². The van der Waals surface area contributed by atoms with E-state index in [4.69, 9.17) is 0 Å². The molecule has 132 valence electrons. The van der Waals surface area contributed by atoms with Crippen molar-refractivity contribution in [1.29, 1.82) is 0 Å². The van der Waals surface area contributed by atoms with Crippen molar-refractivity contribution in [3.63, 3.8) is 0 Å². The number of rotatable bonds is 5. The van der Waals surface area contributed by atoms with Crippen LogP contribution in [0.3, 0.4) is 0 Å². The van der Waals surface area contributed by atoms with Gasteiger partial charge in [0, 0.05) is 26.6 Å². The maximum Gasteiger partial charge on any atom is 0.236 e. The zero-order valence-corrected chi connectivity index (χ0v) is 14.8. The lowest BCUT2D eigenvalue weighted by Gasteiger charge is -2.33. The van der Waals surface area contributed by atoms with E-state index in [1.165, 1.54) is 6.92 Å². The Morgan fingerprint density at radius 1 is 1.22 bits per heavy atom. The van der Waals surface area contributed by atoms with Crippen molar-refractivity contribution in [3.8, 4) is 0 Å². The minimum Gasteiger partial charge on any atom is -0.356 e. The lowest BCUT2D eigenvalue weighted by atomic mass is 9.97. The van der Waals surface area contributed by atoms with Crippen molar-refractivity contribution < 1.29 is 18.0 Å². The number of nitrogens with zero attached hydrogens (tertiary/aromatic N) is 2. The lowest BCUT2D eigenvalue weighted by Crippen LogP contribution is -2.46. The van der Waals surface area contributed by atoms with E-state index in [0.29, 0.717) is 25.4 Å². The molecule has 8 heteroatoms. The Hall–Kier alpha value is -1.15. The lowest BCUT2D eigenvalue weighted by molar-refractivity contribution is -0.133. The van der Waals surface area contributed by atoms with Crippen LogP contribution in [0.4, 0.5) is 0 Å². The van der Waals surface area contributed by atoms with E-state index in [9.17, 15) is 18.0 Å². The Morgan fingerprint density at radius 2 is 1.87 bits per heavy atom. The van der Waals surface area contributed by atoms with Gasteiger partial charge in [-0.05, 0) is 38.3 Å². The van der Waals surface area contributed by atoms with Gasteiger partial charge in [-0.15, -0.1) is 0 Å². The van der Waals surface area contributed by atoms with Crippen LogP contribution < -0.4 is 5.32 Å². The molecular weight excluding hydrogens is 318 g/mol. The summed E-state index contributed by atoms with van der Waals surface area (Å²) >= 11 is 0. The summed E-state index contributed by atoms with van der Waals surface area (Å²) in [7, 11) is -1.26. The molecule has 0 saturated carbocycles. The SMILES string of the molecule is CC(=O)NCC1CCN(CC(=O)N(C)[C@H]2CCS(=O)(=O)C2)CC1. The van der Waals surface area contributed by atoms with Crippen molar-refractivity contribution in [2.24, 2.45) is 5.92 Å². The average molecular weight is 345 g/mol. The Morgan fingerprint density at radius 3 is 2.39 bits per heavy atom. The van der Waals surface area contributed by atoms with Crippen LogP contribution in [0.15, 0.2) is 0 Å². The molecule has 0 aromatic rings. The summed E-state index contributed by atoms with van der Waals surface area (Å²) in [6, 6.07) is -0.176. The molecule has 2 rings (SSSR count). The predicted octanol–water partition coefficient (Wildman–Crippen LogP) is -0.520. The number of likely N-dealkylation sites (tertiary alicyclic amines) is 1. The Bertz CT molecular complexity index is 541. The fourth-order valence-electron chi connectivity index (χ4n) is 3.22. The number of sulfone groups is 1. The standard InChI is InChI=1S/C15H27N3O4S/c1-12(19)16-9-13-3-6-18(7-4-13)10-15(20)17(2)14-5-8-23(21,22)11-14/h13-14H,3-11H2,1-2H3,(H,16,19)/t14-/m0/s1. The highest BCUT2D eigenvalue weighted by molar-refractivity contribution is 7.91. The molecule has 23 heavy (non-hydrogen) atoms. The molecule has 0 aromatic carbocycles. The first kappa shape index (κ1) is 18.2. The molecular formula is C15H27N3O4S. The summed E-state index contributed by atoms with van der Waals surface area (Å²) in [5.41, 5.74) is 0. The van der Waals surface area contributed by atoms with Crippen molar-refractivity contribution in [1.82, 2.24) is 15.1 Å². The molecule has 2 aliphatic rings. The number of carbonyl (C=O) groups excluding carboxylic acids is 2. The second-order valence-corrected chi connectivity index (χ2v) is 8.95. The van der Waals surface area contributed by atoms with Crippen LogP contribution in [0, 0.1) is 5.92 Å². The van der Waals surface area contributed by atoms with Crippen LogP contribution in [0.5, 0.6) is 0 Å². The van der Waals surface area contributed by atoms with Crippen LogP contribution >= 0.6 is 0 Å². The molecule has 1 N–H and O–H groups in total. The molecule has 0 bridgehead atoms. The monoisotopic (exact) mass is 345 g/mol. The summed E-state index contributed by atoms with van der Waals surface area (Å²) < 4.78 is 23.1. The van der Waals surface area contributed by atoms with E-state index in [1.54, 1.807) is 11.9 Å². The molecule has 2 saturated heterocycles. The van der Waals surface area contributed by atoms with E-state index in [1.807, 2.05) is 0 Å². The molecule has 0 radical (unpaired) electrons. The van der Waals surface area contributed by atoms with Gasteiger partial charge in [-0.2, -0.15) is 0 Å². The summed E-state index contributed by atoms with van der Waals surface area (Å²) in [4.78, 5) is 27.0. The van der Waals surface area contributed by atoms with Gasteiger partial charge in [0.2, 0.25) is 11.8 Å². The molecule has 7 nitrogen and oxygen atoms in total. The summed E-state index contributed by atoms with van der Waals surface area (Å²) in [5, 5.41) is 2.84. The molecule has 0 aromatic heterocycles. The number of carbonyl (C=O) groups is 2. The number of nitrogens with one attached hydrogen (secondary N) is 1. The van der Waals surface area contributed by atoms with Gasteiger partial charge in [-0.3, -0.25) is 14.5 Å². The number of hydrogen-bond acceptors (Lipinski definition) is 5. The van der Waals surface area contributed by atoms with Gasteiger partial charge in [0.15, 0.2) is 9.84 Å². The number of amides is 2. The van der Waals surface area contributed by atoms with Crippen LogP contribution in [0.25, 0.3) is 0 Å². The molecule has 2 heterocycles. The molecule has 0 unspecified atom stereocenters. The average Bonchev–Trinajstić information content (AvgIpc) is 2.85. The van der Waals surface area contributed by atoms with E-state index >= 15 is 0 Å². The van der Waals surface area contributed by atoms with Gasteiger partial charge in [-0.25, -0.2) is 8.42 Å². The third kappa shape index (κ3) is 5.46. The zero-order valence-electron chi connectivity index (χ0n) is 14.0. The molecule has 2 aliphatic heterocycles. The summed E-state index contributed by atoms with van der Waals surface area (Å²) in [6.45, 7) is 4.25. The maximum absolute atomic E-state index is 12.3. The first-order chi connectivity index (χ1) is 10.8. The van der Waals surface area contributed by atoms with E-state index < -0.39 is 9.84 Å². The maximum atomic E-state index is 12.3. The largest absolute Gasteiger partial charge is 0.356 e. The van der Waals surface area contributed by atoms with Crippen molar-refractivity contribution >= 4 is 21.7 Å². The Labute approximate surface area is 138 Å². The van der Waals surface area contributed by atoms with Gasteiger partial charge in [0.25, 0.3) is 0 Å². The van der Waals surface area contributed by atoms with Crippen molar-refractivity contribution in [2.75, 3.05) is 44.7 Å². The second-order valence-electron chi connectivity index (χ2n) is 6.72. The first-order valence-corrected chi connectivity index (χ1v) is 10.0. The zero-order chi connectivity index (χ0) is 17.0. The summed E-state index contributed by atoms with van der Waals surface area (Å²) in [5.74, 6) is 0.740. The third-order valence-corrected chi connectivity index (χ3v) is 6.61. The minimum absolute atomic E-state index is 0.00394. The summed E-state index contributed by atoms with van der Waals surface area (Å²) in [6.07, 6.45) is 2.48. The molecule has 0 aliphatic carbocycles. The number of piperidine rings is 1. The van der Waals surface area contributed by atoms with Crippen LogP contribution in [-0.2, 0) is 19.4 Å². The van der Waals surface area contributed by atoms with E-state index in [-0.39, 0.29) is 29.4 Å². The molecule has 2 fully saturated rings. The fraction of sp³-hybridized carbons (Fsp3) is 0.867. The highest BCUT2D eigenvalue weighted by Gasteiger charge is 2.33. The van der Waals surface area contributed by atoms with Gasteiger partial charge in [0.05, 0.1) is 18.1 Å². The van der Waals surface area contributed by atoms with Crippen LogP contribution in [0.1, 0.15) is 26.2 Å². The Kier molecular flexibility index (Phi) is 6.02. The van der Waals surface area contributed by atoms with Crippen molar-refractivity contribution in [3.05, 3.63) is 0 Å². The second kappa shape index (κ2) is 7.61. The predicted molar refractivity (Wildman–Crippen MR) is 87.7 cm³/mol. The van der Waals surface area contributed by atoms with E-state index in [2.05, 4.69) is 10.2 Å². The number of hydrogen-bond donors (Lipinski definition) is 1. The van der Waals surface area contributed by atoms with Crippen LogP contribution in [-0.4, -0.2) is 80.8 Å². The van der Waals surface area contributed by atoms with Gasteiger partial charge < -0.3 is 10.2 Å². The normalized spacial score (nSPS) is 25.2. The minimum atomic E-state index is -2.97.